The molecule has 0 saturated carbocycles. The first-order valence-electron chi connectivity index (χ1n) is 6.36. The van der Waals surface area contributed by atoms with Crippen molar-refractivity contribution in [3.05, 3.63) is 29.8 Å². The molecule has 0 radical (unpaired) electrons. The van der Waals surface area contributed by atoms with Gasteiger partial charge in [-0.2, -0.15) is 0 Å². The average Bonchev–Trinajstić information content (AvgIpc) is 2.81. The van der Waals surface area contributed by atoms with Gasteiger partial charge in [0.2, 0.25) is 0 Å². The highest BCUT2D eigenvalue weighted by Crippen LogP contribution is 2.23. The molecule has 0 unspecified atom stereocenters. The van der Waals surface area contributed by atoms with Crippen LogP contribution in [0.2, 0.25) is 0 Å². The van der Waals surface area contributed by atoms with E-state index >= 15 is 0 Å². The van der Waals surface area contributed by atoms with Crippen molar-refractivity contribution in [1.29, 1.82) is 0 Å². The van der Waals surface area contributed by atoms with E-state index in [-0.39, 0.29) is 31.0 Å². The number of aromatic hydroxyl groups is 1. The van der Waals surface area contributed by atoms with Crippen molar-refractivity contribution < 1.29 is 14.6 Å². The summed E-state index contributed by atoms with van der Waals surface area (Å²) in [6, 6.07) is 7.15. The molecule has 2 atom stereocenters. The van der Waals surface area contributed by atoms with Crippen LogP contribution in [0.4, 0.5) is 0 Å². The lowest BCUT2D eigenvalue weighted by Gasteiger charge is -2.17. The Balaban J connectivity index is 0.00000180. The summed E-state index contributed by atoms with van der Waals surface area (Å²) in [5.74, 6) is 0.379. The van der Waals surface area contributed by atoms with Crippen LogP contribution in [0.3, 0.4) is 0 Å². The number of phenols is 1. The monoisotopic (exact) mass is 265 g/mol. The zero-order chi connectivity index (χ0) is 13.0. The van der Waals surface area contributed by atoms with Gasteiger partial charge >= 0.3 is 5.97 Å². The maximum atomic E-state index is 11.8. The van der Waals surface area contributed by atoms with Crippen LogP contribution >= 0.6 is 0 Å². The minimum atomic E-state index is -0.105. The summed E-state index contributed by atoms with van der Waals surface area (Å²) in [6.07, 6.45) is 0.830. The van der Waals surface area contributed by atoms with Gasteiger partial charge in [-0.05, 0) is 43.5 Å². The molecule has 2 rings (SSSR count). The molecule has 1 fully saturated rings. The van der Waals surface area contributed by atoms with Crippen molar-refractivity contribution in [3.63, 3.8) is 0 Å². The summed E-state index contributed by atoms with van der Waals surface area (Å²) < 4.78 is 5.09. The van der Waals surface area contributed by atoms with Gasteiger partial charge < -0.3 is 15.2 Å². The number of benzene rings is 1. The topological polar surface area (TPSA) is 58.6 Å². The van der Waals surface area contributed by atoms with Gasteiger partial charge in [0.15, 0.2) is 0 Å². The molecule has 1 heterocycles. The molecule has 4 nitrogen and oxygen atoms in total. The highest BCUT2D eigenvalue weighted by molar-refractivity contribution is 5.73. The zero-order valence-electron chi connectivity index (χ0n) is 10.6. The quantitative estimate of drug-likeness (QED) is 0.817. The maximum absolute atomic E-state index is 11.8. The van der Waals surface area contributed by atoms with Crippen LogP contribution < -0.4 is 5.32 Å². The smallest absolute Gasteiger partial charge is 0.310 e. The summed E-state index contributed by atoms with van der Waals surface area (Å²) in [6.45, 7) is 3.79. The van der Waals surface area contributed by atoms with Crippen LogP contribution in [-0.2, 0) is 16.0 Å². The number of ether oxygens (including phenoxy) is 1. The summed E-state index contributed by atoms with van der Waals surface area (Å²) in [4.78, 5) is 11.8. The lowest BCUT2D eigenvalue weighted by atomic mass is 9.90. The van der Waals surface area contributed by atoms with Crippen molar-refractivity contribution in [2.24, 2.45) is 11.8 Å². The van der Waals surface area contributed by atoms with E-state index in [4.69, 9.17) is 4.74 Å². The Morgan fingerprint density at radius 3 is 2.68 bits per heavy atom. The fourth-order valence-electron chi connectivity index (χ4n) is 2.41. The van der Waals surface area contributed by atoms with Gasteiger partial charge in [-0.1, -0.05) is 19.6 Å². The van der Waals surface area contributed by atoms with Gasteiger partial charge in [0.1, 0.15) is 5.75 Å². The van der Waals surface area contributed by atoms with E-state index in [1.54, 1.807) is 12.1 Å². The number of phenolic OH excluding ortho intramolecular Hbond substituents is 1. The molecule has 106 valence electrons. The molecule has 1 aliphatic heterocycles. The Morgan fingerprint density at radius 1 is 1.37 bits per heavy atom. The highest BCUT2D eigenvalue weighted by atomic mass is 16.5. The maximum Gasteiger partial charge on any atom is 0.310 e. The molecule has 1 aliphatic rings. The van der Waals surface area contributed by atoms with Crippen LogP contribution in [0, 0.1) is 11.8 Å². The van der Waals surface area contributed by atoms with Crippen LogP contribution in [0.1, 0.15) is 19.9 Å². The molecule has 0 aliphatic carbocycles. The molecule has 19 heavy (non-hydrogen) atoms. The normalized spacial score (nSPS) is 21.7. The number of carbonyl (C=O) groups is 1. The number of nitrogens with one attached hydrogen (secondary N) is 1. The molecule has 0 spiro atoms. The summed E-state index contributed by atoms with van der Waals surface area (Å²) >= 11 is 0. The van der Waals surface area contributed by atoms with Crippen LogP contribution in [0.15, 0.2) is 24.3 Å². The van der Waals surface area contributed by atoms with E-state index in [0.717, 1.165) is 18.5 Å². The molecule has 1 saturated heterocycles. The van der Waals surface area contributed by atoms with Gasteiger partial charge in [0.05, 0.1) is 12.5 Å². The molecule has 0 bridgehead atoms. The highest BCUT2D eigenvalue weighted by Gasteiger charge is 2.33. The van der Waals surface area contributed by atoms with Crippen molar-refractivity contribution in [2.75, 3.05) is 19.7 Å². The van der Waals surface area contributed by atoms with Crippen molar-refractivity contribution in [1.82, 2.24) is 5.32 Å². The number of rotatable bonds is 4. The predicted molar refractivity (Wildman–Crippen MR) is 75.0 cm³/mol. The fourth-order valence-corrected chi connectivity index (χ4v) is 2.41. The lowest BCUT2D eigenvalue weighted by molar-refractivity contribution is -0.148. The first-order valence-corrected chi connectivity index (χ1v) is 6.36. The van der Waals surface area contributed by atoms with Gasteiger partial charge in [0, 0.05) is 6.54 Å². The first-order chi connectivity index (χ1) is 8.70. The minimum absolute atomic E-state index is 0. The number of hydrogen-bond acceptors (Lipinski definition) is 4. The second kappa shape index (κ2) is 7.14. The van der Waals surface area contributed by atoms with E-state index in [9.17, 15) is 9.90 Å². The Morgan fingerprint density at radius 2 is 2.05 bits per heavy atom. The van der Waals surface area contributed by atoms with Gasteiger partial charge in [-0.3, -0.25) is 4.79 Å². The molecular weight excluding hydrogens is 242 g/mol. The third-order valence-electron chi connectivity index (χ3n) is 3.36. The largest absolute Gasteiger partial charge is 0.508 e. The molecule has 1 aromatic rings. The number of esters is 1. The first kappa shape index (κ1) is 15.5. The van der Waals surface area contributed by atoms with Gasteiger partial charge in [0.25, 0.3) is 0 Å². The number of hydrogen-bond donors (Lipinski definition) is 2. The second-order valence-electron chi connectivity index (χ2n) is 4.65. The van der Waals surface area contributed by atoms with E-state index in [2.05, 4.69) is 5.32 Å². The van der Waals surface area contributed by atoms with Crippen molar-refractivity contribution >= 4 is 5.97 Å². The summed E-state index contributed by atoms with van der Waals surface area (Å²) in [5.41, 5.74) is 1.13. The standard InChI is InChI=1S/C14H19NO3.CH4/c1-2-18-14(17)13-9-15-8-11(13)7-10-3-5-12(16)6-4-10;/h3-6,11,13,15-16H,2,7-9H2,1H3;1H4/t11-,13+;/m1./s1. The van der Waals surface area contributed by atoms with E-state index in [1.165, 1.54) is 0 Å². The number of carbonyl (C=O) groups excluding carboxylic acids is 1. The Kier molecular flexibility index (Phi) is 5.83. The molecule has 1 aromatic carbocycles. The van der Waals surface area contributed by atoms with Crippen molar-refractivity contribution in [3.8, 4) is 5.75 Å². The van der Waals surface area contributed by atoms with Crippen LogP contribution in [0.25, 0.3) is 0 Å². The van der Waals surface area contributed by atoms with Gasteiger partial charge in [-0.25, -0.2) is 0 Å². The second-order valence-corrected chi connectivity index (χ2v) is 4.65. The Bertz CT molecular complexity index is 402. The summed E-state index contributed by atoms with van der Waals surface area (Å²) in [7, 11) is 0. The molecule has 0 amide bonds. The summed E-state index contributed by atoms with van der Waals surface area (Å²) in [5, 5.41) is 12.5. The van der Waals surface area contributed by atoms with E-state index in [1.807, 2.05) is 19.1 Å². The third-order valence-corrected chi connectivity index (χ3v) is 3.36. The fraction of sp³-hybridized carbons (Fsp3) is 0.533. The van der Waals surface area contributed by atoms with Crippen molar-refractivity contribution in [2.45, 2.75) is 20.8 Å². The lowest BCUT2D eigenvalue weighted by Crippen LogP contribution is -2.26. The average molecular weight is 265 g/mol. The molecule has 4 heteroatoms. The Hall–Kier alpha value is -1.55. The molecular formula is C15H23NO3. The SMILES string of the molecule is C.CCOC(=O)[C@H]1CNC[C@H]1Cc1ccc(O)cc1. The Labute approximate surface area is 114 Å². The third kappa shape index (κ3) is 3.96. The van der Waals surface area contributed by atoms with E-state index in [0.29, 0.717) is 13.2 Å². The molecule has 0 aromatic heterocycles. The predicted octanol–water partition coefficient (Wildman–Crippen LogP) is 1.97. The van der Waals surface area contributed by atoms with E-state index < -0.39 is 0 Å². The van der Waals surface area contributed by atoms with Crippen LogP contribution in [-0.4, -0.2) is 30.8 Å². The van der Waals surface area contributed by atoms with Gasteiger partial charge in [-0.15, -0.1) is 0 Å². The van der Waals surface area contributed by atoms with Crippen LogP contribution in [0.5, 0.6) is 5.75 Å². The zero-order valence-corrected chi connectivity index (χ0v) is 10.6. The minimum Gasteiger partial charge on any atom is -0.508 e. The molecule has 2 N–H and O–H groups in total.